The smallest absolute Gasteiger partial charge is 0.230 e. The minimum Gasteiger partial charge on any atom is -0.457 e. The van der Waals surface area contributed by atoms with Crippen molar-refractivity contribution in [2.75, 3.05) is 6.79 Å². The summed E-state index contributed by atoms with van der Waals surface area (Å²) in [6.45, 7) is 27.0. The molecule has 0 aliphatic heterocycles. The molecule has 0 aromatic heterocycles. The molecule has 0 unspecified atom stereocenters. The molecule has 0 heterocycles. The Balaban J connectivity index is 2.29. The maximum absolute atomic E-state index is 6.18. The summed E-state index contributed by atoms with van der Waals surface area (Å²) in [7, 11) is 0. The standard InChI is InChI=1S/C29H44O2/c1-26(2,3)20-13-15-24(22(17-20)28(7,8)9)30-19-31-25-16-14-21(27(4,5)6)18-23(25)29(10,11)12/h13-18H,19H2,1-12H3. The first-order chi connectivity index (χ1) is 13.9. The number of benzene rings is 2. The van der Waals surface area contributed by atoms with Crippen LogP contribution in [0.2, 0.25) is 0 Å². The van der Waals surface area contributed by atoms with Gasteiger partial charge >= 0.3 is 0 Å². The molecule has 0 aliphatic rings. The van der Waals surface area contributed by atoms with Crippen LogP contribution in [-0.4, -0.2) is 6.79 Å². The minimum absolute atomic E-state index is 0.0124. The van der Waals surface area contributed by atoms with Gasteiger partial charge in [0.15, 0.2) is 0 Å². The molecule has 2 aromatic rings. The summed E-state index contributed by atoms with van der Waals surface area (Å²) in [5, 5.41) is 0. The normalized spacial score (nSPS) is 13.3. The molecule has 0 fully saturated rings. The summed E-state index contributed by atoms with van der Waals surface area (Å²) >= 11 is 0. The van der Waals surface area contributed by atoms with E-state index in [1.807, 2.05) is 0 Å². The third-order valence-electron chi connectivity index (χ3n) is 5.74. The molecule has 0 saturated heterocycles. The van der Waals surface area contributed by atoms with E-state index in [0.717, 1.165) is 11.5 Å². The van der Waals surface area contributed by atoms with Gasteiger partial charge in [-0.3, -0.25) is 0 Å². The molecular weight excluding hydrogens is 380 g/mol. The zero-order valence-electron chi connectivity index (χ0n) is 22.0. The van der Waals surface area contributed by atoms with Crippen LogP contribution in [0.4, 0.5) is 0 Å². The van der Waals surface area contributed by atoms with E-state index in [4.69, 9.17) is 9.47 Å². The third kappa shape index (κ3) is 6.51. The number of ether oxygens (including phenoxy) is 2. The van der Waals surface area contributed by atoms with E-state index in [2.05, 4.69) is 119 Å². The van der Waals surface area contributed by atoms with Crippen molar-refractivity contribution in [3.63, 3.8) is 0 Å². The third-order valence-corrected chi connectivity index (χ3v) is 5.74. The fourth-order valence-corrected chi connectivity index (χ4v) is 3.57. The summed E-state index contributed by atoms with van der Waals surface area (Å²) in [5.74, 6) is 1.79. The van der Waals surface area contributed by atoms with Crippen LogP contribution in [0, 0.1) is 0 Å². The van der Waals surface area contributed by atoms with Crippen LogP contribution in [0.25, 0.3) is 0 Å². The van der Waals surface area contributed by atoms with Gasteiger partial charge in [-0.1, -0.05) is 107 Å². The van der Waals surface area contributed by atoms with Crippen molar-refractivity contribution in [1.82, 2.24) is 0 Å². The molecule has 0 atom stereocenters. The molecule has 0 spiro atoms. The Hall–Kier alpha value is -1.96. The molecule has 0 bridgehead atoms. The molecule has 0 radical (unpaired) electrons. The van der Waals surface area contributed by atoms with Gasteiger partial charge in [0.2, 0.25) is 6.79 Å². The van der Waals surface area contributed by atoms with Crippen molar-refractivity contribution in [3.05, 3.63) is 58.7 Å². The Morgan fingerprint density at radius 2 is 0.806 bits per heavy atom. The van der Waals surface area contributed by atoms with Crippen LogP contribution in [0.3, 0.4) is 0 Å². The van der Waals surface area contributed by atoms with Gasteiger partial charge in [-0.05, 0) is 56.0 Å². The quantitative estimate of drug-likeness (QED) is 0.460. The van der Waals surface area contributed by atoms with Crippen molar-refractivity contribution in [3.8, 4) is 11.5 Å². The Morgan fingerprint density at radius 3 is 1.06 bits per heavy atom. The molecule has 0 N–H and O–H groups in total. The summed E-state index contributed by atoms with van der Waals surface area (Å²) in [6.07, 6.45) is 0. The van der Waals surface area contributed by atoms with E-state index in [1.54, 1.807) is 0 Å². The van der Waals surface area contributed by atoms with Gasteiger partial charge in [0, 0.05) is 0 Å². The Kier molecular flexibility index (Phi) is 6.96. The maximum atomic E-state index is 6.18. The largest absolute Gasteiger partial charge is 0.457 e. The van der Waals surface area contributed by atoms with Crippen molar-refractivity contribution in [2.24, 2.45) is 0 Å². The second kappa shape index (κ2) is 8.52. The Bertz CT molecular complexity index is 819. The summed E-state index contributed by atoms with van der Waals surface area (Å²) in [4.78, 5) is 0. The fraction of sp³-hybridized carbons (Fsp3) is 0.586. The van der Waals surface area contributed by atoms with Crippen molar-refractivity contribution in [2.45, 2.75) is 105 Å². The molecule has 0 aliphatic carbocycles. The molecule has 2 heteroatoms. The highest BCUT2D eigenvalue weighted by Gasteiger charge is 2.25. The van der Waals surface area contributed by atoms with E-state index >= 15 is 0 Å². The first-order valence-corrected chi connectivity index (χ1v) is 11.5. The average Bonchev–Trinajstić information content (AvgIpc) is 2.58. The maximum Gasteiger partial charge on any atom is 0.230 e. The lowest BCUT2D eigenvalue weighted by Gasteiger charge is -2.28. The SMILES string of the molecule is CC(C)(C)c1ccc(OCOc2ccc(C(C)(C)C)cc2C(C)(C)C)c(C(C)(C)C)c1. The van der Waals surface area contributed by atoms with Gasteiger partial charge in [0.1, 0.15) is 11.5 Å². The van der Waals surface area contributed by atoms with Gasteiger partial charge in [0.25, 0.3) is 0 Å². The Morgan fingerprint density at radius 1 is 0.484 bits per heavy atom. The Labute approximate surface area is 191 Å². The van der Waals surface area contributed by atoms with Crippen molar-refractivity contribution in [1.29, 1.82) is 0 Å². The monoisotopic (exact) mass is 424 g/mol. The zero-order chi connectivity index (χ0) is 23.8. The van der Waals surface area contributed by atoms with Gasteiger partial charge in [-0.25, -0.2) is 0 Å². The predicted molar refractivity (Wildman–Crippen MR) is 134 cm³/mol. The fourth-order valence-electron chi connectivity index (χ4n) is 3.57. The number of rotatable bonds is 4. The topological polar surface area (TPSA) is 18.5 Å². The van der Waals surface area contributed by atoms with Gasteiger partial charge in [-0.2, -0.15) is 0 Å². The number of hydrogen-bond acceptors (Lipinski definition) is 2. The lowest BCUT2D eigenvalue weighted by Crippen LogP contribution is -2.20. The van der Waals surface area contributed by atoms with E-state index < -0.39 is 0 Å². The molecule has 31 heavy (non-hydrogen) atoms. The van der Waals surface area contributed by atoms with Crippen LogP contribution >= 0.6 is 0 Å². The van der Waals surface area contributed by atoms with Crippen LogP contribution in [0.5, 0.6) is 11.5 Å². The van der Waals surface area contributed by atoms with E-state index in [1.165, 1.54) is 22.3 Å². The molecule has 2 aromatic carbocycles. The molecule has 0 saturated carbocycles. The lowest BCUT2D eigenvalue weighted by atomic mass is 9.80. The first-order valence-electron chi connectivity index (χ1n) is 11.5. The second-order valence-corrected chi connectivity index (χ2v) is 12.8. The lowest BCUT2D eigenvalue weighted by molar-refractivity contribution is 0.115. The highest BCUT2D eigenvalue weighted by atomic mass is 16.7. The van der Waals surface area contributed by atoms with Crippen LogP contribution in [0.15, 0.2) is 36.4 Å². The average molecular weight is 425 g/mol. The highest BCUT2D eigenvalue weighted by Crippen LogP contribution is 2.37. The predicted octanol–water partition coefficient (Wildman–Crippen LogP) is 8.29. The summed E-state index contributed by atoms with van der Waals surface area (Å²) in [6, 6.07) is 13.1. The van der Waals surface area contributed by atoms with Crippen LogP contribution in [-0.2, 0) is 21.7 Å². The molecule has 2 rings (SSSR count). The van der Waals surface area contributed by atoms with Gasteiger partial charge in [0.05, 0.1) is 0 Å². The number of hydrogen-bond donors (Lipinski definition) is 0. The second-order valence-electron chi connectivity index (χ2n) is 12.8. The van der Waals surface area contributed by atoms with Gasteiger partial charge in [-0.15, -0.1) is 0 Å². The van der Waals surface area contributed by atoms with Crippen molar-refractivity contribution < 1.29 is 9.47 Å². The molecule has 2 nitrogen and oxygen atoms in total. The van der Waals surface area contributed by atoms with E-state index in [-0.39, 0.29) is 28.5 Å². The first kappa shape index (κ1) is 25.3. The molecule has 172 valence electrons. The molecule has 0 amide bonds. The van der Waals surface area contributed by atoms with E-state index in [0.29, 0.717) is 0 Å². The van der Waals surface area contributed by atoms with Crippen LogP contribution < -0.4 is 9.47 Å². The minimum atomic E-state index is -0.0124. The van der Waals surface area contributed by atoms with Crippen molar-refractivity contribution >= 4 is 0 Å². The van der Waals surface area contributed by atoms with Gasteiger partial charge < -0.3 is 9.47 Å². The summed E-state index contributed by atoms with van der Waals surface area (Å²) < 4.78 is 12.4. The van der Waals surface area contributed by atoms with Crippen LogP contribution in [0.1, 0.15) is 105 Å². The molecular formula is C29H44O2. The van der Waals surface area contributed by atoms with E-state index in [9.17, 15) is 0 Å². The zero-order valence-corrected chi connectivity index (χ0v) is 22.0. The summed E-state index contributed by atoms with van der Waals surface area (Å²) in [5.41, 5.74) is 5.24. The highest BCUT2D eigenvalue weighted by molar-refractivity contribution is 5.45.